The maximum absolute atomic E-state index is 4.55. The number of para-hydroxylation sites is 1. The molecule has 0 saturated carbocycles. The number of benzene rings is 1. The highest BCUT2D eigenvalue weighted by molar-refractivity contribution is 5.78. The van der Waals surface area contributed by atoms with Gasteiger partial charge in [0.2, 0.25) is 0 Å². The van der Waals surface area contributed by atoms with Crippen LogP contribution in [0.5, 0.6) is 0 Å². The van der Waals surface area contributed by atoms with Crippen molar-refractivity contribution in [3.05, 3.63) is 42.1 Å². The second-order valence-electron chi connectivity index (χ2n) is 4.72. The molecule has 3 rings (SSSR count). The molecule has 0 spiro atoms. The van der Waals surface area contributed by atoms with Crippen LogP contribution in [0.25, 0.3) is 10.9 Å². The van der Waals surface area contributed by atoms with E-state index in [0.717, 1.165) is 49.3 Å². The fourth-order valence-electron chi connectivity index (χ4n) is 2.25. The molecule has 96 valence electrons. The van der Waals surface area contributed by atoms with Crippen molar-refractivity contribution in [1.29, 1.82) is 0 Å². The van der Waals surface area contributed by atoms with E-state index in [0.29, 0.717) is 0 Å². The van der Waals surface area contributed by atoms with Crippen molar-refractivity contribution in [2.24, 2.45) is 0 Å². The van der Waals surface area contributed by atoms with Gasteiger partial charge in [0.1, 0.15) is 5.69 Å². The van der Waals surface area contributed by atoms with E-state index in [9.17, 15) is 0 Å². The molecule has 0 aliphatic carbocycles. The Hall–Kier alpha value is -1.89. The van der Waals surface area contributed by atoms with Crippen LogP contribution in [0.1, 0.15) is 5.69 Å². The zero-order valence-corrected chi connectivity index (χ0v) is 10.9. The van der Waals surface area contributed by atoms with Crippen molar-refractivity contribution in [3.63, 3.8) is 0 Å². The minimum atomic E-state index is 0.830. The summed E-state index contributed by atoms with van der Waals surface area (Å²) in [5.41, 5.74) is 1.87. The van der Waals surface area contributed by atoms with Crippen LogP contribution in [-0.2, 0) is 0 Å². The quantitative estimate of drug-likeness (QED) is 0.778. The third-order valence-electron chi connectivity index (χ3n) is 3.33. The molecule has 1 aliphatic rings. The third-order valence-corrected chi connectivity index (χ3v) is 3.33. The van der Waals surface area contributed by atoms with Gasteiger partial charge < -0.3 is 5.32 Å². The predicted molar refractivity (Wildman–Crippen MR) is 77.9 cm³/mol. The second kappa shape index (κ2) is 5.83. The van der Waals surface area contributed by atoms with Crippen LogP contribution >= 0.6 is 0 Å². The SMILES string of the molecule is C(#Cc1ccc2ccccc2n1)CN1CCNCC1. The van der Waals surface area contributed by atoms with Gasteiger partial charge in [0.05, 0.1) is 12.1 Å². The Labute approximate surface area is 113 Å². The lowest BCUT2D eigenvalue weighted by Gasteiger charge is -2.24. The van der Waals surface area contributed by atoms with Gasteiger partial charge in [-0.15, -0.1) is 0 Å². The molecule has 19 heavy (non-hydrogen) atoms. The number of nitrogens with one attached hydrogen (secondary N) is 1. The number of piperazine rings is 1. The number of fused-ring (bicyclic) bond motifs is 1. The average Bonchev–Trinajstić information content (AvgIpc) is 2.48. The Morgan fingerprint density at radius 2 is 1.95 bits per heavy atom. The number of rotatable bonds is 1. The molecule has 1 aromatic heterocycles. The van der Waals surface area contributed by atoms with E-state index in [1.165, 1.54) is 0 Å². The topological polar surface area (TPSA) is 28.2 Å². The molecule has 0 radical (unpaired) electrons. The first-order valence-corrected chi connectivity index (χ1v) is 6.69. The van der Waals surface area contributed by atoms with E-state index >= 15 is 0 Å². The van der Waals surface area contributed by atoms with Gasteiger partial charge in [0, 0.05) is 31.6 Å². The molecule has 1 aromatic carbocycles. The van der Waals surface area contributed by atoms with Crippen molar-refractivity contribution >= 4 is 10.9 Å². The third kappa shape index (κ3) is 3.11. The normalized spacial score (nSPS) is 16.0. The van der Waals surface area contributed by atoms with Gasteiger partial charge >= 0.3 is 0 Å². The largest absolute Gasteiger partial charge is 0.314 e. The Morgan fingerprint density at radius 1 is 1.11 bits per heavy atom. The van der Waals surface area contributed by atoms with Crippen LogP contribution in [0, 0.1) is 11.8 Å². The van der Waals surface area contributed by atoms with Gasteiger partial charge in [-0.25, -0.2) is 4.98 Å². The summed E-state index contributed by atoms with van der Waals surface area (Å²) in [4.78, 5) is 6.92. The zero-order chi connectivity index (χ0) is 12.9. The summed E-state index contributed by atoms with van der Waals surface area (Å²) in [6.45, 7) is 5.13. The lowest BCUT2D eigenvalue weighted by atomic mass is 10.2. The van der Waals surface area contributed by atoms with Crippen molar-refractivity contribution < 1.29 is 0 Å². The number of aromatic nitrogens is 1. The minimum absolute atomic E-state index is 0.830. The number of nitrogens with zero attached hydrogens (tertiary/aromatic N) is 2. The van der Waals surface area contributed by atoms with Gasteiger partial charge in [-0.3, -0.25) is 4.90 Å². The molecule has 2 heterocycles. The van der Waals surface area contributed by atoms with Crippen molar-refractivity contribution in [2.75, 3.05) is 32.7 Å². The summed E-state index contributed by atoms with van der Waals surface area (Å²) < 4.78 is 0. The van der Waals surface area contributed by atoms with E-state index in [2.05, 4.69) is 39.2 Å². The monoisotopic (exact) mass is 251 g/mol. The molecule has 0 bridgehead atoms. The van der Waals surface area contributed by atoms with Crippen LogP contribution < -0.4 is 5.32 Å². The van der Waals surface area contributed by atoms with Crippen LogP contribution in [0.4, 0.5) is 0 Å². The molecule has 0 atom stereocenters. The molecular formula is C16H17N3. The lowest BCUT2D eigenvalue weighted by molar-refractivity contribution is 0.268. The highest BCUT2D eigenvalue weighted by Gasteiger charge is 2.06. The van der Waals surface area contributed by atoms with Crippen molar-refractivity contribution in [3.8, 4) is 11.8 Å². The maximum Gasteiger partial charge on any atom is 0.113 e. The van der Waals surface area contributed by atoms with E-state index in [4.69, 9.17) is 0 Å². The second-order valence-corrected chi connectivity index (χ2v) is 4.72. The molecule has 0 amide bonds. The molecular weight excluding hydrogens is 234 g/mol. The summed E-state index contributed by atoms with van der Waals surface area (Å²) in [5.74, 6) is 6.38. The molecule has 1 saturated heterocycles. The average molecular weight is 251 g/mol. The lowest BCUT2D eigenvalue weighted by Crippen LogP contribution is -2.43. The van der Waals surface area contributed by atoms with Crippen LogP contribution in [0.2, 0.25) is 0 Å². The van der Waals surface area contributed by atoms with Crippen LogP contribution in [-0.4, -0.2) is 42.6 Å². The Bertz CT molecular complexity index is 618. The minimum Gasteiger partial charge on any atom is -0.314 e. The fraction of sp³-hybridized carbons (Fsp3) is 0.312. The van der Waals surface area contributed by atoms with Gasteiger partial charge in [-0.2, -0.15) is 0 Å². The molecule has 1 aliphatic heterocycles. The molecule has 2 aromatic rings. The Morgan fingerprint density at radius 3 is 2.84 bits per heavy atom. The predicted octanol–water partition coefficient (Wildman–Crippen LogP) is 1.49. The summed E-state index contributed by atoms with van der Waals surface area (Å²) >= 11 is 0. The van der Waals surface area contributed by atoms with Crippen LogP contribution in [0.15, 0.2) is 36.4 Å². The van der Waals surface area contributed by atoms with Gasteiger partial charge in [-0.05, 0) is 18.1 Å². The summed E-state index contributed by atoms with van der Waals surface area (Å²) in [6.07, 6.45) is 0. The number of pyridine rings is 1. The Balaban J connectivity index is 1.70. The smallest absolute Gasteiger partial charge is 0.113 e. The van der Waals surface area contributed by atoms with Crippen molar-refractivity contribution in [2.45, 2.75) is 0 Å². The first-order valence-electron chi connectivity index (χ1n) is 6.69. The molecule has 3 nitrogen and oxygen atoms in total. The summed E-state index contributed by atoms with van der Waals surface area (Å²) in [5, 5.41) is 4.50. The van der Waals surface area contributed by atoms with Gasteiger partial charge in [-0.1, -0.05) is 30.2 Å². The maximum atomic E-state index is 4.55. The number of hydrogen-bond acceptors (Lipinski definition) is 3. The standard InChI is InChI=1S/C16H17N3/c1-2-6-16-14(4-1)7-8-15(18-16)5-3-11-19-12-9-17-10-13-19/h1-2,4,6-8,17H,9-13H2. The molecule has 1 fully saturated rings. The van der Waals surface area contributed by atoms with E-state index in [1.807, 2.05) is 24.3 Å². The van der Waals surface area contributed by atoms with E-state index in [-0.39, 0.29) is 0 Å². The van der Waals surface area contributed by atoms with E-state index < -0.39 is 0 Å². The molecule has 1 N–H and O–H groups in total. The highest BCUT2D eigenvalue weighted by atomic mass is 15.2. The van der Waals surface area contributed by atoms with Gasteiger partial charge in [0.15, 0.2) is 0 Å². The van der Waals surface area contributed by atoms with Crippen molar-refractivity contribution in [1.82, 2.24) is 15.2 Å². The first-order chi connectivity index (χ1) is 9.42. The van der Waals surface area contributed by atoms with Crippen LogP contribution in [0.3, 0.4) is 0 Å². The van der Waals surface area contributed by atoms with E-state index in [1.54, 1.807) is 0 Å². The number of hydrogen-bond donors (Lipinski definition) is 1. The molecule has 3 heteroatoms. The first kappa shape index (κ1) is 12.2. The summed E-state index contributed by atoms with van der Waals surface area (Å²) in [6, 6.07) is 12.2. The zero-order valence-electron chi connectivity index (χ0n) is 10.9. The Kier molecular flexibility index (Phi) is 3.73. The summed E-state index contributed by atoms with van der Waals surface area (Å²) in [7, 11) is 0. The molecule has 0 unspecified atom stereocenters. The highest BCUT2D eigenvalue weighted by Crippen LogP contribution is 2.10. The van der Waals surface area contributed by atoms with Gasteiger partial charge in [0.25, 0.3) is 0 Å². The fourth-order valence-corrected chi connectivity index (χ4v) is 2.25.